The Bertz CT molecular complexity index is 989. The maximum absolute atomic E-state index is 14.1. The molecule has 10 atom stereocenters. The van der Waals surface area contributed by atoms with Crippen molar-refractivity contribution in [1.29, 1.82) is 5.41 Å². The molecule has 0 aromatic carbocycles. The van der Waals surface area contributed by atoms with Gasteiger partial charge in [0.15, 0.2) is 0 Å². The van der Waals surface area contributed by atoms with Gasteiger partial charge in [-0.05, 0) is 101 Å². The predicted octanol–water partition coefficient (Wildman–Crippen LogP) is 4.49. The molecule has 0 radical (unpaired) electrons. The molecule has 0 spiro atoms. The number of carbonyl (C=O) groups excluding carboxylic acids is 1. The summed E-state index contributed by atoms with van der Waals surface area (Å²) < 4.78 is 32.1. The van der Waals surface area contributed by atoms with Crippen molar-refractivity contribution in [2.24, 2.45) is 42.6 Å². The van der Waals surface area contributed by atoms with Crippen LogP contribution in [-0.4, -0.2) is 45.5 Å². The minimum absolute atomic E-state index is 0.0614. The van der Waals surface area contributed by atoms with E-state index in [9.17, 15) is 13.6 Å². The van der Waals surface area contributed by atoms with E-state index in [1.807, 2.05) is 35.5 Å². The lowest BCUT2D eigenvalue weighted by atomic mass is 9.63. The van der Waals surface area contributed by atoms with Crippen LogP contribution >= 0.6 is 0 Å². The van der Waals surface area contributed by atoms with Crippen LogP contribution in [0.5, 0.6) is 0 Å². The van der Waals surface area contributed by atoms with Gasteiger partial charge < -0.3 is 19.8 Å². The number of imidazole rings is 1. The Morgan fingerprint density at radius 3 is 2.51 bits per heavy atom. The zero-order chi connectivity index (χ0) is 26.3. The molecule has 0 bridgehead atoms. The van der Waals surface area contributed by atoms with Gasteiger partial charge in [-0.3, -0.25) is 10.2 Å². The third-order valence-electron chi connectivity index (χ3n) is 10.2. The van der Waals surface area contributed by atoms with Crippen molar-refractivity contribution in [3.63, 3.8) is 0 Å². The van der Waals surface area contributed by atoms with Crippen LogP contribution in [0.25, 0.3) is 0 Å². The number of alkyl halides is 2. The minimum atomic E-state index is -0.814. The van der Waals surface area contributed by atoms with Gasteiger partial charge in [0.05, 0.1) is 0 Å². The number of hydrogen-bond acceptors (Lipinski definition) is 3. The van der Waals surface area contributed by atoms with Gasteiger partial charge in [-0.25, -0.2) is 8.78 Å². The summed E-state index contributed by atoms with van der Waals surface area (Å²) in [5.74, 6) is 2.12. The molecule has 2 heterocycles. The topological polar surface area (TPSA) is 74.8 Å². The second-order valence-corrected chi connectivity index (χ2v) is 13.0. The molecule has 3 N–H and O–H groups in total. The van der Waals surface area contributed by atoms with E-state index < -0.39 is 12.3 Å². The number of aryl methyl sites for hydroxylation is 1. The number of amides is 1. The summed E-state index contributed by atoms with van der Waals surface area (Å²) in [4.78, 5) is 13.8. The first kappa shape index (κ1) is 26.9. The van der Waals surface area contributed by atoms with E-state index in [0.29, 0.717) is 54.5 Å². The number of nitrogens with one attached hydrogen (secondary N) is 3. The first-order valence-corrected chi connectivity index (χ1v) is 14.8. The van der Waals surface area contributed by atoms with Gasteiger partial charge >= 0.3 is 0 Å². The molecule has 1 aromatic heterocycles. The molecule has 9 unspecified atom stereocenters. The Labute approximate surface area is 220 Å². The molecule has 37 heavy (non-hydrogen) atoms. The number of rotatable bonds is 7. The number of carbonyl (C=O) groups is 1. The van der Waals surface area contributed by atoms with Crippen molar-refractivity contribution in [1.82, 2.24) is 19.8 Å². The molecule has 208 valence electrons. The molecule has 6 nitrogen and oxygen atoms in total. The van der Waals surface area contributed by atoms with E-state index in [1.54, 1.807) is 0 Å². The van der Waals surface area contributed by atoms with Crippen molar-refractivity contribution in [3.05, 3.63) is 18.0 Å². The lowest BCUT2D eigenvalue weighted by Gasteiger charge is -2.43. The highest BCUT2D eigenvalue weighted by molar-refractivity contribution is 5.79. The fourth-order valence-corrected chi connectivity index (χ4v) is 7.88. The van der Waals surface area contributed by atoms with Crippen molar-refractivity contribution in [2.45, 2.75) is 115 Å². The zero-order valence-corrected chi connectivity index (χ0v) is 22.8. The van der Waals surface area contributed by atoms with E-state index >= 15 is 0 Å². The van der Waals surface area contributed by atoms with Crippen LogP contribution in [0.3, 0.4) is 0 Å². The second-order valence-electron chi connectivity index (χ2n) is 13.0. The highest BCUT2D eigenvalue weighted by Crippen LogP contribution is 2.46. The molecule has 1 amide bonds. The molecule has 5 rings (SSSR count). The largest absolute Gasteiger partial charge is 0.351 e. The first-order chi connectivity index (χ1) is 17.7. The number of hydrogen-bond donors (Lipinski definition) is 3. The summed E-state index contributed by atoms with van der Waals surface area (Å²) >= 11 is 0. The van der Waals surface area contributed by atoms with Crippen molar-refractivity contribution in [2.75, 3.05) is 0 Å². The number of piperidine rings is 1. The number of nitrogens with zero attached hydrogens (tertiary/aromatic N) is 2. The molecule has 8 heteroatoms. The van der Waals surface area contributed by atoms with E-state index in [2.05, 4.69) is 17.6 Å². The quantitative estimate of drug-likeness (QED) is 0.497. The van der Waals surface area contributed by atoms with Crippen LogP contribution in [0.1, 0.15) is 78.1 Å². The van der Waals surface area contributed by atoms with Crippen molar-refractivity contribution >= 4 is 5.91 Å². The highest BCUT2D eigenvalue weighted by atomic mass is 19.1. The lowest BCUT2D eigenvalue weighted by Crippen LogP contribution is -2.58. The Kier molecular flexibility index (Phi) is 8.13. The highest BCUT2D eigenvalue weighted by Gasteiger charge is 2.44. The fraction of sp³-hybridized carbons (Fsp3) is 0.862. The molecule has 1 aromatic rings. The molecule has 3 aliphatic carbocycles. The Morgan fingerprint density at radius 1 is 1.08 bits per heavy atom. The van der Waals surface area contributed by atoms with Gasteiger partial charge in [0.2, 0.25) is 11.5 Å². The summed E-state index contributed by atoms with van der Waals surface area (Å²) in [7, 11) is 1.89. The Hall–Kier alpha value is -1.70. The van der Waals surface area contributed by atoms with Gasteiger partial charge in [-0.15, -0.1) is 0 Å². The van der Waals surface area contributed by atoms with Crippen LogP contribution in [-0.2, 0) is 18.4 Å². The Balaban J connectivity index is 1.31. The van der Waals surface area contributed by atoms with Crippen LogP contribution in [0.4, 0.5) is 8.78 Å². The van der Waals surface area contributed by atoms with Crippen molar-refractivity contribution < 1.29 is 13.6 Å². The smallest absolute Gasteiger partial charge is 0.223 e. The van der Waals surface area contributed by atoms with Gasteiger partial charge in [0, 0.05) is 50.0 Å². The van der Waals surface area contributed by atoms with Crippen LogP contribution < -0.4 is 16.3 Å². The molecule has 3 saturated carbocycles. The van der Waals surface area contributed by atoms with E-state index in [4.69, 9.17) is 5.41 Å². The van der Waals surface area contributed by atoms with E-state index in [-0.39, 0.29) is 30.0 Å². The molecular weight excluding hydrogens is 472 g/mol. The summed E-state index contributed by atoms with van der Waals surface area (Å²) in [6, 6.07) is 0.0409. The maximum Gasteiger partial charge on any atom is 0.223 e. The van der Waals surface area contributed by atoms with Gasteiger partial charge in [0.25, 0.3) is 0 Å². The van der Waals surface area contributed by atoms with Gasteiger partial charge in [-0.2, -0.15) is 0 Å². The van der Waals surface area contributed by atoms with Crippen LogP contribution in [0.15, 0.2) is 12.4 Å². The predicted molar refractivity (Wildman–Crippen MR) is 140 cm³/mol. The zero-order valence-electron chi connectivity index (χ0n) is 22.8. The maximum atomic E-state index is 14.1. The van der Waals surface area contributed by atoms with Crippen LogP contribution in [0.2, 0.25) is 0 Å². The average molecular weight is 520 g/mol. The lowest BCUT2D eigenvalue weighted by molar-refractivity contribution is -0.129. The summed E-state index contributed by atoms with van der Waals surface area (Å²) in [6.07, 6.45) is 10.9. The third-order valence-corrected chi connectivity index (χ3v) is 10.2. The van der Waals surface area contributed by atoms with Crippen molar-refractivity contribution in [3.8, 4) is 0 Å². The van der Waals surface area contributed by atoms with Gasteiger partial charge in [0.1, 0.15) is 12.3 Å². The average Bonchev–Trinajstić information content (AvgIpc) is 3.66. The second kappa shape index (κ2) is 11.2. The Morgan fingerprint density at radius 2 is 1.86 bits per heavy atom. The number of aromatic nitrogens is 2. The summed E-state index contributed by atoms with van der Waals surface area (Å²) in [5.41, 5.74) is 0.479. The molecular formula is C29H47F2N5O. The molecule has 4 aliphatic rings. The standard InChI is InChI=1S/C29H47F2N5O/c1-17-12-23(30)6-7-24(17)21-13-19(16-36-11-10-35(3)29(36)32)14-22(15-21)28(37)34-27(20-4-5-20)26-9-8-25(31)18(2)33-26/h10-11,17-27,32-33H,4-9,12-16H2,1-3H3,(H,34,37)/t17?,18?,19?,21?,22?,23?,24?,25?,26?,27-/m1/s1. The summed E-state index contributed by atoms with van der Waals surface area (Å²) in [6.45, 7) is 4.85. The fourth-order valence-electron chi connectivity index (χ4n) is 7.88. The SMILES string of the molecule is CC1CC(F)CCC1C1CC(Cn2ccn(C)c2=N)CC(C(=O)N[C@H](C2CC2)C2CCC(F)C(C)N2)C1. The molecule has 1 aliphatic heterocycles. The third kappa shape index (κ3) is 6.15. The summed E-state index contributed by atoms with van der Waals surface area (Å²) in [5, 5.41) is 15.3. The molecule has 4 fully saturated rings. The first-order valence-electron chi connectivity index (χ1n) is 14.8. The molecule has 1 saturated heterocycles. The van der Waals surface area contributed by atoms with E-state index in [1.165, 1.54) is 0 Å². The van der Waals surface area contributed by atoms with Gasteiger partial charge in [-0.1, -0.05) is 6.92 Å². The van der Waals surface area contributed by atoms with E-state index in [0.717, 1.165) is 51.5 Å². The monoisotopic (exact) mass is 519 g/mol. The number of halogens is 2. The van der Waals surface area contributed by atoms with Crippen LogP contribution in [0, 0.1) is 40.9 Å². The minimum Gasteiger partial charge on any atom is -0.351 e. The normalized spacial score (nSPS) is 39.8.